The van der Waals surface area contributed by atoms with E-state index in [0.29, 0.717) is 19.3 Å². The molecule has 0 aromatic carbocycles. The number of hydrogen-bond acceptors (Lipinski definition) is 4. The van der Waals surface area contributed by atoms with Crippen molar-refractivity contribution >= 4 is 92.8 Å². The van der Waals surface area contributed by atoms with Gasteiger partial charge in [0, 0.05) is 28.4 Å². The lowest BCUT2D eigenvalue weighted by atomic mass is 9.74. The molecule has 3 saturated carbocycles. The maximum Gasteiger partial charge on any atom is 0.217 e. The Morgan fingerprint density at radius 2 is 0.758 bits per heavy atom. The molecular weight excluding hydrogens is 600 g/mol. The predicted molar refractivity (Wildman–Crippen MR) is 133 cm³/mol. The molecule has 0 saturated heterocycles. The first-order chi connectivity index (χ1) is 15.3. The lowest BCUT2D eigenvalue weighted by molar-refractivity contribution is -0.222. The van der Waals surface area contributed by atoms with Gasteiger partial charge in [0.2, 0.25) is 11.6 Å². The average molecular weight is 622 g/mol. The zero-order valence-corrected chi connectivity index (χ0v) is 24.1. The first-order valence-electron chi connectivity index (χ1n) is 10.4. The van der Waals surface area contributed by atoms with E-state index in [4.69, 9.17) is 112 Å². The standard InChI is InChI=1S/C21H22Cl8O4/c1-30-20(31-2)16(26)8-5-6-9-11(7-10(8)18(20,28)14(24)12(16)22)19(29)15(25)13(23)17(9,27)21(19,32-3)33-4/h8-11H,5-7H2,1-4H3/t8-,9+,10+,11-,16-,17+,18+,19-. The van der Waals surface area contributed by atoms with E-state index in [9.17, 15) is 0 Å². The molecule has 0 aromatic rings. The molecule has 5 aliphatic carbocycles. The molecule has 3 fully saturated rings. The van der Waals surface area contributed by atoms with Crippen LogP contribution in [0, 0.1) is 23.7 Å². The fourth-order valence-electron chi connectivity index (χ4n) is 7.92. The summed E-state index contributed by atoms with van der Waals surface area (Å²) in [5.41, 5.74) is 0. The quantitative estimate of drug-likeness (QED) is 0.251. The van der Waals surface area contributed by atoms with Gasteiger partial charge in [0.25, 0.3) is 0 Å². The Morgan fingerprint density at radius 3 is 1.00 bits per heavy atom. The largest absolute Gasteiger partial charge is 0.350 e. The SMILES string of the molecule is COC1(OC)[C@@]2(Cl)C(Cl)=C(Cl)[C@]1(Cl)[C@@H]1C[C@H]3[C@@H](CC[C@@H]12)[C@@]1(Cl)C(Cl)=C(Cl)[C@]3(Cl)C1(OC)OC. The smallest absolute Gasteiger partial charge is 0.217 e. The summed E-state index contributed by atoms with van der Waals surface area (Å²) in [6.45, 7) is 0. The summed E-state index contributed by atoms with van der Waals surface area (Å²) < 4.78 is 23.6. The second-order valence-electron chi connectivity index (χ2n) is 9.39. The normalized spacial score (nSPS) is 51.3. The van der Waals surface area contributed by atoms with Gasteiger partial charge in [0.15, 0.2) is 0 Å². The van der Waals surface area contributed by atoms with Crippen molar-refractivity contribution in [2.45, 2.75) is 50.3 Å². The summed E-state index contributed by atoms with van der Waals surface area (Å²) in [4.78, 5) is -5.29. The van der Waals surface area contributed by atoms with E-state index in [1.165, 1.54) is 28.4 Å². The van der Waals surface area contributed by atoms with Gasteiger partial charge >= 0.3 is 0 Å². The van der Waals surface area contributed by atoms with Crippen molar-refractivity contribution in [3.63, 3.8) is 0 Å². The summed E-state index contributed by atoms with van der Waals surface area (Å²) >= 11 is 56.3. The van der Waals surface area contributed by atoms with Crippen LogP contribution in [0.3, 0.4) is 0 Å². The molecule has 0 amide bonds. The van der Waals surface area contributed by atoms with Gasteiger partial charge in [0.05, 0.1) is 20.1 Å². The molecule has 8 atom stereocenters. The number of halogens is 8. The van der Waals surface area contributed by atoms with Crippen LogP contribution >= 0.6 is 92.8 Å². The van der Waals surface area contributed by atoms with Crippen LogP contribution in [0.4, 0.5) is 0 Å². The van der Waals surface area contributed by atoms with E-state index < -0.39 is 31.1 Å². The first-order valence-corrected chi connectivity index (χ1v) is 13.4. The molecule has 0 heterocycles. The summed E-state index contributed by atoms with van der Waals surface area (Å²) in [7, 11) is 5.94. The van der Waals surface area contributed by atoms with Crippen molar-refractivity contribution in [2.75, 3.05) is 28.4 Å². The van der Waals surface area contributed by atoms with E-state index in [0.717, 1.165) is 0 Å². The molecule has 0 aromatic heterocycles. The number of fused-ring (bicyclic) bond motifs is 10. The third kappa shape index (κ3) is 2.24. The topological polar surface area (TPSA) is 36.9 Å². The van der Waals surface area contributed by atoms with E-state index in [2.05, 4.69) is 0 Å². The molecule has 4 bridgehead atoms. The summed E-state index contributed by atoms with van der Waals surface area (Å²) in [6, 6.07) is 0. The first kappa shape index (κ1) is 26.3. The van der Waals surface area contributed by atoms with Gasteiger partial charge < -0.3 is 18.9 Å². The molecular formula is C21H22Cl8O4. The van der Waals surface area contributed by atoms with Gasteiger partial charge in [-0.1, -0.05) is 46.4 Å². The van der Waals surface area contributed by atoms with Crippen LogP contribution in [-0.4, -0.2) is 59.5 Å². The highest BCUT2D eigenvalue weighted by molar-refractivity contribution is 6.53. The van der Waals surface area contributed by atoms with Gasteiger partial charge in [-0.3, -0.25) is 0 Å². The molecule has 0 N–H and O–H groups in total. The predicted octanol–water partition coefficient (Wildman–Crippen LogP) is 6.96. The van der Waals surface area contributed by atoms with Crippen LogP contribution in [0.1, 0.15) is 19.3 Å². The highest BCUT2D eigenvalue weighted by Gasteiger charge is 2.89. The summed E-state index contributed by atoms with van der Waals surface area (Å²) in [5, 5.41) is 0.889. The Hall–Kier alpha value is 1.64. The van der Waals surface area contributed by atoms with Crippen LogP contribution < -0.4 is 0 Å². The Bertz CT molecular complexity index is 903. The Kier molecular flexibility index (Phi) is 6.05. The maximum atomic E-state index is 7.36. The Balaban J connectivity index is 1.71. The minimum atomic E-state index is -1.48. The lowest BCUT2D eigenvalue weighted by Gasteiger charge is -2.43. The van der Waals surface area contributed by atoms with Gasteiger partial charge in [-0.25, -0.2) is 0 Å². The van der Waals surface area contributed by atoms with Crippen molar-refractivity contribution in [2.24, 2.45) is 23.7 Å². The molecule has 0 unspecified atom stereocenters. The van der Waals surface area contributed by atoms with E-state index in [1.54, 1.807) is 0 Å². The minimum absolute atomic E-state index is 0.209. The molecule has 33 heavy (non-hydrogen) atoms. The third-order valence-electron chi connectivity index (χ3n) is 9.04. The highest BCUT2D eigenvalue weighted by Crippen LogP contribution is 2.81. The fraction of sp³-hybridized carbons (Fsp3) is 0.810. The van der Waals surface area contributed by atoms with Gasteiger partial charge in [-0.05, 0) is 42.9 Å². The highest BCUT2D eigenvalue weighted by atomic mass is 35.5. The van der Waals surface area contributed by atoms with E-state index >= 15 is 0 Å². The Morgan fingerprint density at radius 1 is 0.515 bits per heavy atom. The maximum absolute atomic E-state index is 7.36. The zero-order valence-electron chi connectivity index (χ0n) is 18.1. The minimum Gasteiger partial charge on any atom is -0.350 e. The summed E-state index contributed by atoms with van der Waals surface area (Å²) in [5.74, 6) is -4.10. The van der Waals surface area contributed by atoms with Crippen LogP contribution in [-0.2, 0) is 18.9 Å². The van der Waals surface area contributed by atoms with Crippen molar-refractivity contribution in [1.82, 2.24) is 0 Å². The van der Waals surface area contributed by atoms with Crippen LogP contribution in [0.5, 0.6) is 0 Å². The second kappa shape index (κ2) is 7.61. The molecule has 5 aliphatic rings. The molecule has 186 valence electrons. The van der Waals surface area contributed by atoms with Crippen molar-refractivity contribution < 1.29 is 18.9 Å². The second-order valence-corrected chi connectivity index (χ2v) is 13.3. The van der Waals surface area contributed by atoms with Crippen molar-refractivity contribution in [3.05, 3.63) is 20.1 Å². The van der Waals surface area contributed by atoms with Crippen molar-refractivity contribution in [3.8, 4) is 0 Å². The van der Waals surface area contributed by atoms with Crippen LogP contribution in [0.15, 0.2) is 20.1 Å². The molecule has 0 spiro atoms. The number of rotatable bonds is 4. The van der Waals surface area contributed by atoms with Crippen LogP contribution in [0.25, 0.3) is 0 Å². The molecule has 4 nitrogen and oxygen atoms in total. The molecule has 5 rings (SSSR count). The number of ether oxygens (including phenoxy) is 4. The lowest BCUT2D eigenvalue weighted by Crippen LogP contribution is -2.58. The fourth-order valence-corrected chi connectivity index (χ4v) is 12.5. The molecule has 0 aliphatic heterocycles. The van der Waals surface area contributed by atoms with E-state index in [-0.39, 0.29) is 43.8 Å². The monoisotopic (exact) mass is 618 g/mol. The zero-order chi connectivity index (χ0) is 24.6. The van der Waals surface area contributed by atoms with E-state index in [1.807, 2.05) is 0 Å². The number of alkyl halides is 4. The number of methoxy groups -OCH3 is 4. The average Bonchev–Trinajstić information content (AvgIpc) is 3.08. The van der Waals surface area contributed by atoms with Gasteiger partial charge in [-0.15, -0.1) is 46.4 Å². The van der Waals surface area contributed by atoms with Gasteiger partial charge in [0.1, 0.15) is 19.5 Å². The van der Waals surface area contributed by atoms with Crippen molar-refractivity contribution in [1.29, 1.82) is 0 Å². The third-order valence-corrected chi connectivity index (χ3v) is 14.4. The Labute approximate surface area is 233 Å². The van der Waals surface area contributed by atoms with Gasteiger partial charge in [-0.2, -0.15) is 0 Å². The molecule has 12 heteroatoms. The molecule has 0 radical (unpaired) electrons. The summed E-state index contributed by atoms with van der Waals surface area (Å²) in [6.07, 6.45) is 1.62. The van der Waals surface area contributed by atoms with Crippen LogP contribution in [0.2, 0.25) is 0 Å². The number of hydrogen-bond donors (Lipinski definition) is 0.